The van der Waals surface area contributed by atoms with Crippen LogP contribution >= 0.6 is 11.8 Å². The van der Waals surface area contributed by atoms with Gasteiger partial charge in [-0.3, -0.25) is 4.99 Å². The molecule has 1 N–H and O–H groups in total. The molecule has 0 aromatic heterocycles. The number of thioether (sulfide) groups is 1. The Balaban J connectivity index is 1.34. The Kier molecular flexibility index (Phi) is 4.98. The van der Waals surface area contributed by atoms with Crippen molar-refractivity contribution in [2.75, 3.05) is 30.7 Å². The van der Waals surface area contributed by atoms with Crippen LogP contribution in [0.2, 0.25) is 0 Å². The number of hydrogen-bond acceptors (Lipinski definition) is 4. The highest BCUT2D eigenvalue weighted by Gasteiger charge is 2.12. The average Bonchev–Trinajstić information content (AvgIpc) is 3.00. The van der Waals surface area contributed by atoms with E-state index in [-0.39, 0.29) is 0 Å². The van der Waals surface area contributed by atoms with Crippen molar-refractivity contribution in [3.63, 3.8) is 0 Å². The summed E-state index contributed by atoms with van der Waals surface area (Å²) in [5.41, 5.74) is 2.52. The molecule has 0 atom stereocenters. The zero-order valence-electron chi connectivity index (χ0n) is 12.0. The summed E-state index contributed by atoms with van der Waals surface area (Å²) >= 11 is 1.86. The number of aliphatic imine (C=N–C) groups is 1. The van der Waals surface area contributed by atoms with Crippen molar-refractivity contribution in [2.24, 2.45) is 4.99 Å². The Morgan fingerprint density at radius 1 is 1.15 bits per heavy atom. The quantitative estimate of drug-likeness (QED) is 0.840. The molecule has 1 aromatic rings. The summed E-state index contributed by atoms with van der Waals surface area (Å²) in [6, 6.07) is 8.43. The molecule has 0 radical (unpaired) electrons. The van der Waals surface area contributed by atoms with Crippen LogP contribution in [0.3, 0.4) is 0 Å². The fourth-order valence-electron chi connectivity index (χ4n) is 2.79. The summed E-state index contributed by atoms with van der Waals surface area (Å²) in [6.07, 6.45) is 5.39. The first-order valence-electron chi connectivity index (χ1n) is 7.66. The molecule has 2 heterocycles. The molecule has 2 aliphatic rings. The summed E-state index contributed by atoms with van der Waals surface area (Å²) in [7, 11) is 0. The minimum atomic E-state index is 0.819. The first kappa shape index (κ1) is 14.0. The van der Waals surface area contributed by atoms with Crippen molar-refractivity contribution in [3.8, 4) is 0 Å². The first-order valence-corrected chi connectivity index (χ1v) is 8.65. The molecule has 0 aliphatic carbocycles. The van der Waals surface area contributed by atoms with Gasteiger partial charge in [0.2, 0.25) is 0 Å². The van der Waals surface area contributed by atoms with Crippen LogP contribution < -0.4 is 5.32 Å². The molecular formula is C16H23N3S. The molecule has 0 amide bonds. The fraction of sp³-hybridized carbons (Fsp3) is 0.562. The molecule has 20 heavy (non-hydrogen) atoms. The molecule has 1 aromatic carbocycles. The number of fused-ring (bicyclic) bond motifs is 1. The molecular weight excluding hydrogens is 266 g/mol. The topological polar surface area (TPSA) is 27.6 Å². The van der Waals surface area contributed by atoms with E-state index in [1.807, 2.05) is 11.8 Å². The SMILES string of the molecule is c1ccc2c(c1)CN=C(SCCCCN1CCCC1)N2. The molecule has 1 saturated heterocycles. The Hall–Kier alpha value is -1.00. The summed E-state index contributed by atoms with van der Waals surface area (Å²) in [6.45, 7) is 4.74. The van der Waals surface area contributed by atoms with Crippen LogP contribution in [-0.2, 0) is 6.54 Å². The molecule has 1 fully saturated rings. The maximum atomic E-state index is 4.60. The van der Waals surface area contributed by atoms with Crippen molar-refractivity contribution >= 4 is 22.6 Å². The molecule has 0 bridgehead atoms. The summed E-state index contributed by atoms with van der Waals surface area (Å²) < 4.78 is 0. The van der Waals surface area contributed by atoms with Crippen molar-refractivity contribution in [1.82, 2.24) is 4.90 Å². The first-order chi connectivity index (χ1) is 9.92. The highest BCUT2D eigenvalue weighted by atomic mass is 32.2. The highest BCUT2D eigenvalue weighted by molar-refractivity contribution is 8.14. The number of rotatable bonds is 5. The molecule has 0 saturated carbocycles. The molecule has 3 nitrogen and oxygen atoms in total. The van der Waals surface area contributed by atoms with Gasteiger partial charge >= 0.3 is 0 Å². The third kappa shape index (κ3) is 3.76. The largest absolute Gasteiger partial charge is 0.335 e. The van der Waals surface area contributed by atoms with E-state index in [2.05, 4.69) is 39.5 Å². The summed E-state index contributed by atoms with van der Waals surface area (Å²) in [5, 5.41) is 4.52. The zero-order chi connectivity index (χ0) is 13.6. The number of hydrogen-bond donors (Lipinski definition) is 1. The van der Waals surface area contributed by atoms with Crippen LogP contribution in [0.4, 0.5) is 5.69 Å². The minimum absolute atomic E-state index is 0.819. The third-order valence-corrected chi connectivity index (χ3v) is 4.96. The van der Waals surface area contributed by atoms with Crippen LogP contribution in [-0.4, -0.2) is 35.5 Å². The second-order valence-electron chi connectivity index (χ2n) is 5.51. The Labute approximate surface area is 125 Å². The van der Waals surface area contributed by atoms with Crippen LogP contribution in [0.25, 0.3) is 0 Å². The van der Waals surface area contributed by atoms with Gasteiger partial charge in [0.25, 0.3) is 0 Å². The predicted octanol–water partition coefficient (Wildman–Crippen LogP) is 3.58. The van der Waals surface area contributed by atoms with E-state index in [0.717, 1.165) is 11.7 Å². The number of amidine groups is 1. The van der Waals surface area contributed by atoms with E-state index in [4.69, 9.17) is 0 Å². The van der Waals surface area contributed by atoms with Gasteiger partial charge in [-0.05, 0) is 56.9 Å². The average molecular weight is 289 g/mol. The van der Waals surface area contributed by atoms with Gasteiger partial charge in [0.05, 0.1) is 6.54 Å². The molecule has 2 aliphatic heterocycles. The molecule has 3 rings (SSSR count). The Morgan fingerprint density at radius 2 is 2.00 bits per heavy atom. The maximum absolute atomic E-state index is 4.60. The van der Waals surface area contributed by atoms with E-state index in [0.29, 0.717) is 0 Å². The van der Waals surface area contributed by atoms with E-state index in [9.17, 15) is 0 Å². The van der Waals surface area contributed by atoms with E-state index >= 15 is 0 Å². The van der Waals surface area contributed by atoms with Gasteiger partial charge in [-0.1, -0.05) is 30.0 Å². The van der Waals surface area contributed by atoms with Gasteiger partial charge in [0.1, 0.15) is 0 Å². The van der Waals surface area contributed by atoms with E-state index < -0.39 is 0 Å². The summed E-state index contributed by atoms with van der Waals surface area (Å²) in [4.78, 5) is 7.20. The number of unbranched alkanes of at least 4 members (excludes halogenated alkanes) is 1. The van der Waals surface area contributed by atoms with Gasteiger partial charge < -0.3 is 10.2 Å². The van der Waals surface area contributed by atoms with Crippen LogP contribution in [0.5, 0.6) is 0 Å². The number of nitrogens with one attached hydrogen (secondary N) is 1. The monoisotopic (exact) mass is 289 g/mol. The third-order valence-electron chi connectivity index (χ3n) is 3.96. The smallest absolute Gasteiger partial charge is 0.161 e. The summed E-state index contributed by atoms with van der Waals surface area (Å²) in [5.74, 6) is 1.17. The number of likely N-dealkylation sites (tertiary alicyclic amines) is 1. The van der Waals surface area contributed by atoms with Crippen LogP contribution in [0.15, 0.2) is 29.3 Å². The lowest BCUT2D eigenvalue weighted by Gasteiger charge is -2.18. The van der Waals surface area contributed by atoms with E-state index in [1.54, 1.807) is 0 Å². The highest BCUT2D eigenvalue weighted by Crippen LogP contribution is 2.23. The standard InChI is InChI=1S/C16H23N3S/c1-2-8-15-14(7-1)13-17-16(18-15)20-12-6-5-11-19-9-3-4-10-19/h1-2,7-8H,3-6,9-13H2,(H,17,18). The molecule has 4 heteroatoms. The van der Waals surface area contributed by atoms with Gasteiger partial charge in [-0.2, -0.15) is 0 Å². The van der Waals surface area contributed by atoms with Crippen molar-refractivity contribution < 1.29 is 0 Å². The Bertz CT molecular complexity index is 467. The lowest BCUT2D eigenvalue weighted by molar-refractivity contribution is 0.333. The van der Waals surface area contributed by atoms with Crippen molar-refractivity contribution in [2.45, 2.75) is 32.2 Å². The van der Waals surface area contributed by atoms with Gasteiger partial charge in [0, 0.05) is 11.4 Å². The van der Waals surface area contributed by atoms with Crippen molar-refractivity contribution in [3.05, 3.63) is 29.8 Å². The lowest BCUT2D eigenvalue weighted by atomic mass is 10.1. The predicted molar refractivity (Wildman–Crippen MR) is 88.6 cm³/mol. The molecule has 0 unspecified atom stereocenters. The number of nitrogens with zero attached hydrogens (tertiary/aromatic N) is 2. The van der Waals surface area contributed by atoms with Crippen LogP contribution in [0.1, 0.15) is 31.2 Å². The van der Waals surface area contributed by atoms with Gasteiger partial charge in [-0.15, -0.1) is 0 Å². The Morgan fingerprint density at radius 3 is 2.90 bits per heavy atom. The lowest BCUT2D eigenvalue weighted by Crippen LogP contribution is -2.20. The fourth-order valence-corrected chi connectivity index (χ4v) is 3.67. The maximum Gasteiger partial charge on any atom is 0.161 e. The van der Waals surface area contributed by atoms with Crippen LogP contribution in [0, 0.1) is 0 Å². The number of para-hydroxylation sites is 1. The number of anilines is 1. The second-order valence-corrected chi connectivity index (χ2v) is 6.59. The van der Waals surface area contributed by atoms with E-state index in [1.165, 1.54) is 62.3 Å². The molecule has 108 valence electrons. The van der Waals surface area contributed by atoms with Gasteiger partial charge in [0.15, 0.2) is 5.17 Å². The normalized spacial score (nSPS) is 18.5. The zero-order valence-corrected chi connectivity index (χ0v) is 12.8. The number of benzene rings is 1. The van der Waals surface area contributed by atoms with Crippen molar-refractivity contribution in [1.29, 1.82) is 0 Å². The van der Waals surface area contributed by atoms with Gasteiger partial charge in [-0.25, -0.2) is 0 Å². The minimum Gasteiger partial charge on any atom is -0.335 e. The molecule has 0 spiro atoms. The second kappa shape index (κ2) is 7.14.